The van der Waals surface area contributed by atoms with Gasteiger partial charge >= 0.3 is 0 Å². The second kappa shape index (κ2) is 4.50. The number of thiocarbonyl (C=S) groups is 1. The van der Waals surface area contributed by atoms with E-state index >= 15 is 0 Å². The number of aromatic nitrogens is 3. The summed E-state index contributed by atoms with van der Waals surface area (Å²) in [5.74, 6) is 0. The summed E-state index contributed by atoms with van der Waals surface area (Å²) < 4.78 is 1.89. The molecule has 1 aromatic heterocycles. The van der Waals surface area contributed by atoms with Crippen molar-refractivity contribution < 1.29 is 0 Å². The van der Waals surface area contributed by atoms with E-state index in [1.807, 2.05) is 4.68 Å². The maximum atomic E-state index is 5.57. The first-order valence-corrected chi connectivity index (χ1v) is 5.22. The van der Waals surface area contributed by atoms with Crippen LogP contribution in [0.4, 0.5) is 0 Å². The maximum Gasteiger partial charge on any atom is 0.143 e. The van der Waals surface area contributed by atoms with Crippen LogP contribution in [0.25, 0.3) is 0 Å². The van der Waals surface area contributed by atoms with Gasteiger partial charge in [-0.05, 0) is 20.3 Å². The van der Waals surface area contributed by atoms with Crippen molar-refractivity contribution in [2.45, 2.75) is 39.7 Å². The molecule has 4 nitrogen and oxygen atoms in total. The zero-order valence-corrected chi connectivity index (χ0v) is 9.64. The Balaban J connectivity index is 3.13. The summed E-state index contributed by atoms with van der Waals surface area (Å²) in [4.78, 5) is 0.334. The molecule has 0 fully saturated rings. The van der Waals surface area contributed by atoms with E-state index in [1.54, 1.807) is 0 Å². The Hall–Kier alpha value is -0.970. The topological polar surface area (TPSA) is 56.7 Å². The van der Waals surface area contributed by atoms with Crippen LogP contribution < -0.4 is 5.73 Å². The van der Waals surface area contributed by atoms with E-state index in [-0.39, 0.29) is 0 Å². The first-order chi connectivity index (χ1) is 6.57. The summed E-state index contributed by atoms with van der Waals surface area (Å²) in [6, 6.07) is 0.298. The Morgan fingerprint density at radius 2 is 2.21 bits per heavy atom. The molecule has 78 valence electrons. The highest BCUT2D eigenvalue weighted by molar-refractivity contribution is 7.80. The van der Waals surface area contributed by atoms with Crippen molar-refractivity contribution in [2.75, 3.05) is 0 Å². The third kappa shape index (κ3) is 2.09. The fourth-order valence-corrected chi connectivity index (χ4v) is 1.55. The van der Waals surface area contributed by atoms with Crippen molar-refractivity contribution in [2.24, 2.45) is 5.73 Å². The third-order valence-corrected chi connectivity index (χ3v) is 2.19. The Morgan fingerprint density at radius 1 is 1.57 bits per heavy atom. The van der Waals surface area contributed by atoms with E-state index in [0.29, 0.717) is 16.7 Å². The molecule has 0 atom stereocenters. The largest absolute Gasteiger partial charge is 0.388 e. The Labute approximate surface area is 89.5 Å². The van der Waals surface area contributed by atoms with Gasteiger partial charge in [-0.1, -0.05) is 30.8 Å². The van der Waals surface area contributed by atoms with Crippen LogP contribution in [0.2, 0.25) is 0 Å². The average molecular weight is 212 g/mol. The van der Waals surface area contributed by atoms with E-state index in [9.17, 15) is 0 Å². The summed E-state index contributed by atoms with van der Waals surface area (Å²) in [5.41, 5.74) is 7.30. The highest BCUT2D eigenvalue weighted by Crippen LogP contribution is 2.13. The van der Waals surface area contributed by atoms with Crippen molar-refractivity contribution >= 4 is 17.2 Å². The molecular weight excluding hydrogens is 196 g/mol. The van der Waals surface area contributed by atoms with Gasteiger partial charge in [0.15, 0.2) is 0 Å². The third-order valence-electron chi connectivity index (χ3n) is 2.00. The minimum atomic E-state index is 0.298. The highest BCUT2D eigenvalue weighted by atomic mass is 32.1. The molecule has 0 saturated carbocycles. The zero-order valence-electron chi connectivity index (χ0n) is 8.82. The molecule has 0 amide bonds. The maximum absolute atomic E-state index is 5.57. The van der Waals surface area contributed by atoms with Crippen LogP contribution >= 0.6 is 12.2 Å². The molecule has 0 aliphatic carbocycles. The molecule has 0 aromatic carbocycles. The lowest BCUT2D eigenvalue weighted by Gasteiger charge is -2.09. The molecule has 0 aliphatic heterocycles. The molecule has 1 heterocycles. The van der Waals surface area contributed by atoms with Gasteiger partial charge in [0.2, 0.25) is 0 Å². The number of nitrogens with two attached hydrogens (primary N) is 1. The van der Waals surface area contributed by atoms with Crippen molar-refractivity contribution in [1.82, 2.24) is 15.0 Å². The lowest BCUT2D eigenvalue weighted by molar-refractivity contribution is 0.492. The van der Waals surface area contributed by atoms with Crippen LogP contribution in [-0.4, -0.2) is 20.0 Å². The van der Waals surface area contributed by atoms with Crippen LogP contribution in [-0.2, 0) is 6.42 Å². The molecule has 0 radical (unpaired) electrons. The standard InChI is InChI=1S/C9H16N4S/c1-4-5-7-8(9(10)14)11-12-13(7)6(2)3/h6H,4-5H2,1-3H3,(H2,10,14). The fraction of sp³-hybridized carbons (Fsp3) is 0.667. The molecule has 0 aliphatic rings. The molecule has 2 N–H and O–H groups in total. The van der Waals surface area contributed by atoms with Crippen molar-refractivity contribution in [3.05, 3.63) is 11.4 Å². The van der Waals surface area contributed by atoms with Crippen LogP contribution in [0.5, 0.6) is 0 Å². The lowest BCUT2D eigenvalue weighted by atomic mass is 10.2. The van der Waals surface area contributed by atoms with Gasteiger partial charge in [0.25, 0.3) is 0 Å². The molecule has 14 heavy (non-hydrogen) atoms. The van der Waals surface area contributed by atoms with Crippen LogP contribution in [0.3, 0.4) is 0 Å². The van der Waals surface area contributed by atoms with Crippen LogP contribution in [0.1, 0.15) is 44.6 Å². The minimum absolute atomic E-state index is 0.298. The Kier molecular flexibility index (Phi) is 3.57. The molecule has 1 rings (SSSR count). The van der Waals surface area contributed by atoms with Gasteiger partial charge in [0.1, 0.15) is 10.7 Å². The number of hydrogen-bond acceptors (Lipinski definition) is 3. The predicted molar refractivity (Wildman–Crippen MR) is 60.3 cm³/mol. The van der Waals surface area contributed by atoms with E-state index in [2.05, 4.69) is 31.1 Å². The zero-order chi connectivity index (χ0) is 10.7. The molecule has 0 bridgehead atoms. The van der Waals surface area contributed by atoms with Crippen molar-refractivity contribution in [1.29, 1.82) is 0 Å². The first kappa shape index (κ1) is 11.1. The van der Waals surface area contributed by atoms with Gasteiger partial charge in [0, 0.05) is 6.04 Å². The van der Waals surface area contributed by atoms with Gasteiger partial charge in [0.05, 0.1) is 5.69 Å². The Bertz CT molecular complexity index is 330. The molecular formula is C9H16N4S. The quantitative estimate of drug-likeness (QED) is 0.767. The molecule has 5 heteroatoms. The monoisotopic (exact) mass is 212 g/mol. The second-order valence-electron chi connectivity index (χ2n) is 3.54. The van der Waals surface area contributed by atoms with Crippen LogP contribution in [0.15, 0.2) is 0 Å². The minimum Gasteiger partial charge on any atom is -0.388 e. The van der Waals surface area contributed by atoms with Gasteiger partial charge in [-0.25, -0.2) is 4.68 Å². The fourth-order valence-electron chi connectivity index (χ4n) is 1.39. The summed E-state index contributed by atoms with van der Waals surface area (Å²) in [6.45, 7) is 6.25. The smallest absolute Gasteiger partial charge is 0.143 e. The number of hydrogen-bond donors (Lipinski definition) is 1. The summed E-state index contributed by atoms with van der Waals surface area (Å²) in [6.07, 6.45) is 1.95. The van der Waals surface area contributed by atoms with E-state index in [1.165, 1.54) is 0 Å². The first-order valence-electron chi connectivity index (χ1n) is 4.81. The van der Waals surface area contributed by atoms with Gasteiger partial charge < -0.3 is 5.73 Å². The number of nitrogens with zero attached hydrogens (tertiary/aromatic N) is 3. The van der Waals surface area contributed by atoms with E-state index in [4.69, 9.17) is 18.0 Å². The molecule has 0 unspecified atom stereocenters. The summed E-state index contributed by atoms with van der Waals surface area (Å²) in [5, 5.41) is 8.06. The SMILES string of the molecule is CCCc1c(C(N)=S)nnn1C(C)C. The Morgan fingerprint density at radius 3 is 2.64 bits per heavy atom. The molecule has 0 saturated heterocycles. The van der Waals surface area contributed by atoms with Gasteiger partial charge in [-0.2, -0.15) is 0 Å². The summed E-state index contributed by atoms with van der Waals surface area (Å²) >= 11 is 4.93. The van der Waals surface area contributed by atoms with Gasteiger partial charge in [-0.3, -0.25) is 0 Å². The van der Waals surface area contributed by atoms with Crippen molar-refractivity contribution in [3.63, 3.8) is 0 Å². The van der Waals surface area contributed by atoms with Crippen molar-refractivity contribution in [3.8, 4) is 0 Å². The summed E-state index contributed by atoms with van der Waals surface area (Å²) in [7, 11) is 0. The predicted octanol–water partition coefficient (Wildman–Crippen LogP) is 1.45. The van der Waals surface area contributed by atoms with Gasteiger partial charge in [-0.15, -0.1) is 5.10 Å². The average Bonchev–Trinajstić information content (AvgIpc) is 2.48. The van der Waals surface area contributed by atoms with E-state index < -0.39 is 0 Å². The number of rotatable bonds is 4. The van der Waals surface area contributed by atoms with Crippen LogP contribution in [0, 0.1) is 0 Å². The normalized spacial score (nSPS) is 10.9. The lowest BCUT2D eigenvalue weighted by Crippen LogP contribution is -2.14. The molecule has 1 aromatic rings. The highest BCUT2D eigenvalue weighted by Gasteiger charge is 2.15. The molecule has 0 spiro atoms. The van der Waals surface area contributed by atoms with E-state index in [0.717, 1.165) is 18.5 Å². The second-order valence-corrected chi connectivity index (χ2v) is 3.98.